The topological polar surface area (TPSA) is 105 Å². The van der Waals surface area contributed by atoms with Gasteiger partial charge in [-0.05, 0) is 5.41 Å². The van der Waals surface area contributed by atoms with E-state index in [-0.39, 0.29) is 18.1 Å². The van der Waals surface area contributed by atoms with Crippen LogP contribution in [0.25, 0.3) is 0 Å². The summed E-state index contributed by atoms with van der Waals surface area (Å²) in [5.74, 6) is -1.95. The summed E-state index contributed by atoms with van der Waals surface area (Å²) in [6, 6.07) is -0.863. The molecule has 0 aromatic carbocycles. The van der Waals surface area contributed by atoms with E-state index in [1.165, 1.54) is 11.9 Å². The normalized spacial score (nSPS) is 20.8. The van der Waals surface area contributed by atoms with E-state index >= 15 is 0 Å². The lowest BCUT2D eigenvalue weighted by molar-refractivity contribution is -0.0108. The molecule has 2 N–H and O–H groups in total. The molecule has 2 heterocycles. The number of likely N-dealkylation sites (tertiary alicyclic amines) is 1. The third-order valence-corrected chi connectivity index (χ3v) is 3.97. The smallest absolute Gasteiger partial charge is 0.407 e. The Kier molecular flexibility index (Phi) is 4.14. The van der Waals surface area contributed by atoms with Gasteiger partial charge in [0.25, 0.3) is 5.91 Å². The molecule has 1 aliphatic rings. The molecule has 126 valence electrons. The first-order valence-electron chi connectivity index (χ1n) is 7.05. The fourth-order valence-corrected chi connectivity index (χ4v) is 2.97. The number of rotatable bonds is 3. The monoisotopic (exact) mass is 326 g/mol. The lowest BCUT2D eigenvalue weighted by atomic mass is 9.76. The second-order valence-electron chi connectivity index (χ2n) is 6.61. The number of nitrogens with one attached hydrogen (secondary N) is 1. The van der Waals surface area contributed by atoms with Gasteiger partial charge in [-0.2, -0.15) is 9.37 Å². The molecule has 0 saturated carbocycles. The molecule has 2 rings (SSSR count). The summed E-state index contributed by atoms with van der Waals surface area (Å²) < 4.78 is 14.8. The molecule has 2 amide bonds. The van der Waals surface area contributed by atoms with Gasteiger partial charge in [-0.25, -0.2) is 4.79 Å². The quantitative estimate of drug-likeness (QED) is 0.802. The Morgan fingerprint density at radius 1 is 1.43 bits per heavy atom. The lowest BCUT2D eigenvalue weighted by Gasteiger charge is -2.52. The maximum Gasteiger partial charge on any atom is 0.407 e. The Balaban J connectivity index is 2.19. The standard InChI is InChI=1S/C14H19FN4O4/c1-14(2,3)10-7(5-19(10)13(22)23)16-12(21)9-11(15)17-8(6-20)18(9)4/h6-7,10H,5H2,1-4H3,(H,16,21)(H,22,23). The third-order valence-electron chi connectivity index (χ3n) is 3.97. The Hall–Kier alpha value is -2.45. The van der Waals surface area contributed by atoms with Crippen molar-refractivity contribution in [2.75, 3.05) is 6.54 Å². The number of carboxylic acid groups (broad SMARTS) is 1. The van der Waals surface area contributed by atoms with E-state index in [2.05, 4.69) is 10.3 Å². The number of halogens is 1. The van der Waals surface area contributed by atoms with Gasteiger partial charge in [-0.1, -0.05) is 20.8 Å². The Labute approximate surface area is 132 Å². The Morgan fingerprint density at radius 3 is 2.48 bits per heavy atom. The summed E-state index contributed by atoms with van der Waals surface area (Å²) in [6.45, 7) is 5.71. The van der Waals surface area contributed by atoms with Crippen LogP contribution in [0.2, 0.25) is 0 Å². The minimum absolute atomic E-state index is 0.128. The van der Waals surface area contributed by atoms with Crippen molar-refractivity contribution in [3.05, 3.63) is 17.5 Å². The van der Waals surface area contributed by atoms with Crippen molar-refractivity contribution in [1.29, 1.82) is 0 Å². The SMILES string of the molecule is Cn1c(C=O)nc(F)c1C(=O)NC1CN(C(=O)O)C1C(C)(C)C. The zero-order valence-corrected chi connectivity index (χ0v) is 13.3. The molecule has 2 atom stereocenters. The number of carbonyl (C=O) groups is 3. The minimum atomic E-state index is -1.06. The van der Waals surface area contributed by atoms with Crippen molar-refractivity contribution in [3.63, 3.8) is 0 Å². The van der Waals surface area contributed by atoms with E-state index in [1.807, 2.05) is 20.8 Å². The molecule has 0 bridgehead atoms. The zero-order chi connectivity index (χ0) is 17.5. The van der Waals surface area contributed by atoms with Crippen molar-refractivity contribution in [3.8, 4) is 0 Å². The zero-order valence-electron chi connectivity index (χ0n) is 13.3. The van der Waals surface area contributed by atoms with Crippen LogP contribution < -0.4 is 5.32 Å². The first-order valence-corrected chi connectivity index (χ1v) is 7.05. The van der Waals surface area contributed by atoms with E-state index in [0.717, 1.165) is 4.57 Å². The number of carbonyl (C=O) groups excluding carboxylic acids is 2. The van der Waals surface area contributed by atoms with E-state index in [1.54, 1.807) is 0 Å². The van der Waals surface area contributed by atoms with Gasteiger partial charge in [0.05, 0.1) is 12.1 Å². The summed E-state index contributed by atoms with van der Waals surface area (Å²) >= 11 is 0. The summed E-state index contributed by atoms with van der Waals surface area (Å²) in [5.41, 5.74) is -0.749. The third kappa shape index (κ3) is 2.90. The van der Waals surface area contributed by atoms with Gasteiger partial charge >= 0.3 is 6.09 Å². The van der Waals surface area contributed by atoms with Crippen LogP contribution in [0.5, 0.6) is 0 Å². The van der Waals surface area contributed by atoms with Crippen molar-refractivity contribution >= 4 is 18.3 Å². The summed E-state index contributed by atoms with van der Waals surface area (Å²) in [7, 11) is 1.36. The molecular formula is C14H19FN4O4. The predicted octanol–water partition coefficient (Wildman–Crippen LogP) is 0.878. The number of amides is 2. The number of hydrogen-bond donors (Lipinski definition) is 2. The van der Waals surface area contributed by atoms with Crippen LogP contribution in [0.1, 0.15) is 41.9 Å². The molecule has 1 aromatic heterocycles. The molecule has 1 aliphatic heterocycles. The van der Waals surface area contributed by atoms with Crippen molar-refractivity contribution in [2.24, 2.45) is 12.5 Å². The van der Waals surface area contributed by atoms with Gasteiger partial charge in [0.15, 0.2) is 17.8 Å². The van der Waals surface area contributed by atoms with Crippen molar-refractivity contribution < 1.29 is 23.9 Å². The highest BCUT2D eigenvalue weighted by molar-refractivity contribution is 5.94. The first-order chi connectivity index (χ1) is 10.6. The van der Waals surface area contributed by atoms with E-state index in [9.17, 15) is 18.8 Å². The molecule has 23 heavy (non-hydrogen) atoms. The van der Waals surface area contributed by atoms with Gasteiger partial charge in [-0.15, -0.1) is 0 Å². The second kappa shape index (κ2) is 5.64. The van der Waals surface area contributed by atoms with Crippen LogP contribution in [-0.4, -0.2) is 56.5 Å². The average molecular weight is 326 g/mol. The lowest BCUT2D eigenvalue weighted by Crippen LogP contribution is -2.71. The van der Waals surface area contributed by atoms with Gasteiger partial charge in [0.1, 0.15) is 0 Å². The maximum atomic E-state index is 13.8. The summed E-state index contributed by atoms with van der Waals surface area (Å²) in [5, 5.41) is 11.8. The highest BCUT2D eigenvalue weighted by Gasteiger charge is 2.49. The van der Waals surface area contributed by atoms with Crippen molar-refractivity contribution in [1.82, 2.24) is 19.8 Å². The number of aromatic nitrogens is 2. The molecule has 1 saturated heterocycles. The summed E-state index contributed by atoms with van der Waals surface area (Å²) in [4.78, 5) is 38.8. The highest BCUT2D eigenvalue weighted by Crippen LogP contribution is 2.34. The largest absolute Gasteiger partial charge is 0.465 e. The first kappa shape index (κ1) is 16.9. The van der Waals surface area contributed by atoms with Crippen molar-refractivity contribution in [2.45, 2.75) is 32.9 Å². The van der Waals surface area contributed by atoms with Crippen LogP contribution in [0.15, 0.2) is 0 Å². The number of hydrogen-bond acceptors (Lipinski definition) is 4. The van der Waals surface area contributed by atoms with Crippen LogP contribution in [0.4, 0.5) is 9.18 Å². The molecule has 0 radical (unpaired) electrons. The molecule has 0 aliphatic carbocycles. The van der Waals surface area contributed by atoms with E-state index in [4.69, 9.17) is 5.11 Å². The van der Waals surface area contributed by atoms with Crippen LogP contribution >= 0.6 is 0 Å². The number of nitrogens with zero attached hydrogens (tertiary/aromatic N) is 3. The van der Waals surface area contributed by atoms with Gasteiger partial charge in [0.2, 0.25) is 5.95 Å². The van der Waals surface area contributed by atoms with Crippen LogP contribution in [0, 0.1) is 11.4 Å². The second-order valence-corrected chi connectivity index (χ2v) is 6.61. The van der Waals surface area contributed by atoms with Gasteiger partial charge in [-0.3, -0.25) is 9.59 Å². The van der Waals surface area contributed by atoms with E-state index in [0.29, 0.717) is 6.29 Å². The summed E-state index contributed by atoms with van der Waals surface area (Å²) in [6.07, 6.45) is -0.710. The minimum Gasteiger partial charge on any atom is -0.465 e. The van der Waals surface area contributed by atoms with E-state index < -0.39 is 35.4 Å². The van der Waals surface area contributed by atoms with Crippen LogP contribution in [-0.2, 0) is 7.05 Å². The highest BCUT2D eigenvalue weighted by atomic mass is 19.1. The van der Waals surface area contributed by atoms with Crippen LogP contribution in [0.3, 0.4) is 0 Å². The molecule has 2 unspecified atom stereocenters. The Morgan fingerprint density at radius 2 is 2.04 bits per heavy atom. The molecule has 0 spiro atoms. The van der Waals surface area contributed by atoms with Gasteiger partial charge < -0.3 is 19.9 Å². The molecule has 1 fully saturated rings. The fourth-order valence-electron chi connectivity index (χ4n) is 2.97. The number of imidazole rings is 1. The maximum absolute atomic E-state index is 13.8. The molecule has 8 nitrogen and oxygen atoms in total. The fraction of sp³-hybridized carbons (Fsp3) is 0.571. The Bertz CT molecular complexity index is 664. The molecular weight excluding hydrogens is 307 g/mol. The van der Waals surface area contributed by atoms with Gasteiger partial charge in [0, 0.05) is 13.6 Å². The predicted molar refractivity (Wildman–Crippen MR) is 77.8 cm³/mol. The molecule has 1 aromatic rings. The average Bonchev–Trinajstić information content (AvgIpc) is 2.65. The molecule has 9 heteroatoms. The number of aldehydes is 1.